The van der Waals surface area contributed by atoms with Gasteiger partial charge in [-0.1, -0.05) is 13.8 Å². The molecule has 0 bridgehead atoms. The first-order chi connectivity index (χ1) is 11.6. The molecule has 3 heterocycles. The lowest BCUT2D eigenvalue weighted by Gasteiger charge is -2.40. The second kappa shape index (κ2) is 6.00. The maximum Gasteiger partial charge on any atom is 0.266 e. The van der Waals surface area contributed by atoms with E-state index in [4.69, 9.17) is 0 Å². The first-order valence-electron chi connectivity index (χ1n) is 8.76. The normalized spacial score (nSPS) is 18.0. The maximum absolute atomic E-state index is 12.0. The Labute approximate surface area is 141 Å². The smallest absolute Gasteiger partial charge is 0.266 e. The molecular formula is C18H23N5O. The fraction of sp³-hybridized carbons (Fsp3) is 0.556. The number of hydrogen-bond acceptors (Lipinski definition) is 5. The summed E-state index contributed by atoms with van der Waals surface area (Å²) >= 11 is 0. The van der Waals surface area contributed by atoms with E-state index in [1.807, 2.05) is 18.3 Å². The highest BCUT2D eigenvalue weighted by Crippen LogP contribution is 2.38. The molecule has 1 saturated heterocycles. The third-order valence-electron chi connectivity index (χ3n) is 4.77. The molecule has 24 heavy (non-hydrogen) atoms. The van der Waals surface area contributed by atoms with Crippen molar-refractivity contribution in [3.05, 3.63) is 46.3 Å². The lowest BCUT2D eigenvalue weighted by atomic mass is 10.0. The molecule has 0 radical (unpaired) electrons. The number of aromatic nitrogens is 4. The third kappa shape index (κ3) is 3.05. The van der Waals surface area contributed by atoms with Gasteiger partial charge < -0.3 is 4.90 Å². The van der Waals surface area contributed by atoms with Crippen LogP contribution in [0.3, 0.4) is 0 Å². The molecule has 1 saturated carbocycles. The monoisotopic (exact) mass is 325 g/mol. The molecule has 1 aliphatic carbocycles. The van der Waals surface area contributed by atoms with Crippen LogP contribution in [0.5, 0.6) is 0 Å². The summed E-state index contributed by atoms with van der Waals surface area (Å²) in [7, 11) is 0. The minimum Gasteiger partial charge on any atom is -0.356 e. The Kier molecular flexibility index (Phi) is 3.82. The molecule has 126 valence electrons. The minimum absolute atomic E-state index is 0.00183. The van der Waals surface area contributed by atoms with Crippen LogP contribution in [0.25, 0.3) is 0 Å². The lowest BCUT2D eigenvalue weighted by molar-refractivity contribution is 0.331. The van der Waals surface area contributed by atoms with E-state index in [0.29, 0.717) is 24.3 Å². The Balaban J connectivity index is 1.40. The van der Waals surface area contributed by atoms with Crippen LogP contribution >= 0.6 is 0 Å². The van der Waals surface area contributed by atoms with Gasteiger partial charge >= 0.3 is 0 Å². The largest absolute Gasteiger partial charge is 0.356 e. The van der Waals surface area contributed by atoms with Crippen LogP contribution in [0.1, 0.15) is 50.0 Å². The molecule has 0 N–H and O–H groups in total. The summed E-state index contributed by atoms with van der Waals surface area (Å²) in [6.07, 6.45) is 4.23. The SMILES string of the molecule is CC(C)c1nccc(N2CC(Cn3nc(C4CC4)ccc3=O)C2)n1. The first-order valence-corrected chi connectivity index (χ1v) is 8.76. The lowest BCUT2D eigenvalue weighted by Crippen LogP contribution is -2.50. The zero-order chi connectivity index (χ0) is 16.7. The summed E-state index contributed by atoms with van der Waals surface area (Å²) in [5.41, 5.74) is 1.07. The predicted molar refractivity (Wildman–Crippen MR) is 92.3 cm³/mol. The van der Waals surface area contributed by atoms with Crippen molar-refractivity contribution < 1.29 is 0 Å². The fourth-order valence-corrected chi connectivity index (χ4v) is 3.13. The topological polar surface area (TPSA) is 63.9 Å². The molecule has 0 atom stereocenters. The average Bonchev–Trinajstić information content (AvgIpc) is 3.37. The van der Waals surface area contributed by atoms with Gasteiger partial charge in [0.1, 0.15) is 11.6 Å². The Morgan fingerprint density at radius 1 is 1.21 bits per heavy atom. The number of anilines is 1. The van der Waals surface area contributed by atoms with Crippen molar-refractivity contribution in [3.63, 3.8) is 0 Å². The van der Waals surface area contributed by atoms with Crippen molar-refractivity contribution in [1.82, 2.24) is 19.7 Å². The summed E-state index contributed by atoms with van der Waals surface area (Å²) in [5.74, 6) is 3.21. The van der Waals surface area contributed by atoms with Crippen molar-refractivity contribution in [2.24, 2.45) is 5.92 Å². The van der Waals surface area contributed by atoms with E-state index in [2.05, 4.69) is 33.8 Å². The van der Waals surface area contributed by atoms with Crippen LogP contribution in [-0.4, -0.2) is 32.8 Å². The number of rotatable bonds is 5. The van der Waals surface area contributed by atoms with Gasteiger partial charge in [0, 0.05) is 43.1 Å². The Hall–Kier alpha value is -2.24. The minimum atomic E-state index is 0.00183. The van der Waals surface area contributed by atoms with E-state index < -0.39 is 0 Å². The molecular weight excluding hydrogens is 302 g/mol. The fourth-order valence-electron chi connectivity index (χ4n) is 3.13. The highest BCUT2D eigenvalue weighted by Gasteiger charge is 2.30. The van der Waals surface area contributed by atoms with E-state index in [1.165, 1.54) is 12.8 Å². The highest BCUT2D eigenvalue weighted by molar-refractivity contribution is 5.41. The molecule has 6 nitrogen and oxygen atoms in total. The number of nitrogens with zero attached hydrogens (tertiary/aromatic N) is 5. The van der Waals surface area contributed by atoms with Gasteiger partial charge in [0.05, 0.1) is 12.2 Å². The van der Waals surface area contributed by atoms with Gasteiger partial charge in [0.2, 0.25) is 0 Å². The van der Waals surface area contributed by atoms with E-state index in [9.17, 15) is 4.79 Å². The van der Waals surface area contributed by atoms with Crippen molar-refractivity contribution in [2.45, 2.75) is 45.1 Å². The van der Waals surface area contributed by atoms with Gasteiger partial charge in [0.25, 0.3) is 5.56 Å². The van der Waals surface area contributed by atoms with Crippen LogP contribution in [0.4, 0.5) is 5.82 Å². The maximum atomic E-state index is 12.0. The summed E-state index contributed by atoms with van der Waals surface area (Å²) in [5, 5.41) is 4.55. The van der Waals surface area contributed by atoms with Crippen molar-refractivity contribution >= 4 is 5.82 Å². The molecule has 0 amide bonds. The second-order valence-electron chi connectivity index (χ2n) is 7.25. The van der Waals surface area contributed by atoms with Gasteiger partial charge in [-0.3, -0.25) is 4.79 Å². The average molecular weight is 325 g/mol. The van der Waals surface area contributed by atoms with Crippen molar-refractivity contribution in [2.75, 3.05) is 18.0 Å². The molecule has 0 spiro atoms. The molecule has 0 unspecified atom stereocenters. The predicted octanol–water partition coefficient (Wildman–Crippen LogP) is 2.17. The molecule has 2 aromatic heterocycles. The Bertz CT molecular complexity index is 790. The second-order valence-corrected chi connectivity index (χ2v) is 7.25. The van der Waals surface area contributed by atoms with Crippen LogP contribution in [0.2, 0.25) is 0 Å². The first kappa shape index (κ1) is 15.3. The van der Waals surface area contributed by atoms with Gasteiger partial charge in [0.15, 0.2) is 0 Å². The van der Waals surface area contributed by atoms with Crippen molar-refractivity contribution in [3.8, 4) is 0 Å². The van der Waals surface area contributed by atoms with Gasteiger partial charge in [-0.05, 0) is 25.0 Å². The summed E-state index contributed by atoms with van der Waals surface area (Å²) in [4.78, 5) is 23.2. The zero-order valence-corrected chi connectivity index (χ0v) is 14.2. The van der Waals surface area contributed by atoms with Crippen LogP contribution in [0, 0.1) is 5.92 Å². The van der Waals surface area contributed by atoms with E-state index in [-0.39, 0.29) is 5.56 Å². The Morgan fingerprint density at radius 3 is 2.71 bits per heavy atom. The van der Waals surface area contributed by atoms with Crippen LogP contribution < -0.4 is 10.5 Å². The van der Waals surface area contributed by atoms with E-state index in [1.54, 1.807) is 10.7 Å². The molecule has 2 aromatic rings. The summed E-state index contributed by atoms with van der Waals surface area (Å²) < 4.78 is 1.65. The van der Waals surface area contributed by atoms with Gasteiger partial charge in [-0.15, -0.1) is 0 Å². The van der Waals surface area contributed by atoms with Gasteiger partial charge in [-0.2, -0.15) is 5.10 Å². The summed E-state index contributed by atoms with van der Waals surface area (Å²) in [6, 6.07) is 5.51. The molecule has 1 aliphatic heterocycles. The standard InChI is InChI=1S/C18H23N5O/c1-12(2)18-19-8-7-16(20-18)22-9-13(10-22)11-23-17(24)6-5-15(21-23)14-3-4-14/h5-8,12-14H,3-4,9-11H2,1-2H3. The van der Waals surface area contributed by atoms with Gasteiger partial charge in [-0.25, -0.2) is 14.6 Å². The quantitative estimate of drug-likeness (QED) is 0.843. The molecule has 0 aromatic carbocycles. The van der Waals surface area contributed by atoms with Crippen molar-refractivity contribution in [1.29, 1.82) is 0 Å². The van der Waals surface area contributed by atoms with E-state index >= 15 is 0 Å². The molecule has 4 rings (SSSR count). The molecule has 6 heteroatoms. The van der Waals surface area contributed by atoms with E-state index in [0.717, 1.165) is 30.4 Å². The van der Waals surface area contributed by atoms with Crippen LogP contribution in [0.15, 0.2) is 29.2 Å². The Morgan fingerprint density at radius 2 is 2.00 bits per heavy atom. The van der Waals surface area contributed by atoms with Crippen LogP contribution in [-0.2, 0) is 6.54 Å². The zero-order valence-electron chi connectivity index (χ0n) is 14.2. The number of hydrogen-bond donors (Lipinski definition) is 0. The molecule has 2 aliphatic rings. The highest BCUT2D eigenvalue weighted by atomic mass is 16.1. The molecule has 2 fully saturated rings. The summed E-state index contributed by atoms with van der Waals surface area (Å²) in [6.45, 7) is 6.72. The third-order valence-corrected chi connectivity index (χ3v) is 4.77.